The van der Waals surface area contributed by atoms with Crippen molar-refractivity contribution in [3.63, 3.8) is 0 Å². The number of methoxy groups -OCH3 is 1. The fourth-order valence-electron chi connectivity index (χ4n) is 5.22. The average molecular weight is 537 g/mol. The predicted molar refractivity (Wildman–Crippen MR) is 133 cm³/mol. The summed E-state index contributed by atoms with van der Waals surface area (Å²) in [5.41, 5.74) is -0.0733. The van der Waals surface area contributed by atoms with E-state index in [4.69, 9.17) is 25.8 Å². The van der Waals surface area contributed by atoms with Crippen LogP contribution in [0.25, 0.3) is 0 Å². The van der Waals surface area contributed by atoms with E-state index in [1.807, 2.05) is 24.3 Å². The number of imide groups is 1. The van der Waals surface area contributed by atoms with Gasteiger partial charge in [0.05, 0.1) is 30.0 Å². The Morgan fingerprint density at radius 3 is 2.61 bits per heavy atom. The zero-order valence-electron chi connectivity index (χ0n) is 20.1. The number of halogens is 1. The SMILES string of the molecule is COc1ccccc1[C@H](CN1C(=O)N(C2(C(=O)O)CC2)C(=O)C2C(C)=C(Cl)SC21)OC1CCOCC1. The lowest BCUT2D eigenvalue weighted by atomic mass is 9.95. The largest absolute Gasteiger partial charge is 0.496 e. The number of carboxylic acids is 1. The number of hydrogen-bond acceptors (Lipinski definition) is 7. The first-order valence-electron chi connectivity index (χ1n) is 12.1. The minimum absolute atomic E-state index is 0.0736. The van der Waals surface area contributed by atoms with Crippen molar-refractivity contribution >= 4 is 41.3 Å². The van der Waals surface area contributed by atoms with Crippen LogP contribution in [0.3, 0.4) is 0 Å². The molecular formula is C25H29ClN2O7S. The van der Waals surface area contributed by atoms with Crippen LogP contribution in [0.2, 0.25) is 0 Å². The molecule has 0 spiro atoms. The lowest BCUT2D eigenvalue weighted by molar-refractivity contribution is -0.153. The Morgan fingerprint density at radius 1 is 1.28 bits per heavy atom. The number of nitrogens with zero attached hydrogens (tertiary/aromatic N) is 2. The molecule has 4 aliphatic rings. The van der Waals surface area contributed by atoms with Gasteiger partial charge in [0.15, 0.2) is 0 Å². The predicted octanol–water partition coefficient (Wildman–Crippen LogP) is 3.97. The van der Waals surface area contributed by atoms with Gasteiger partial charge in [-0.1, -0.05) is 41.6 Å². The van der Waals surface area contributed by atoms with E-state index >= 15 is 0 Å². The van der Waals surface area contributed by atoms with E-state index < -0.39 is 40.8 Å². The number of para-hydroxylation sites is 1. The van der Waals surface area contributed by atoms with Crippen molar-refractivity contribution < 1.29 is 33.7 Å². The number of hydrogen-bond donors (Lipinski definition) is 1. The Bertz CT molecular complexity index is 1100. The minimum atomic E-state index is -1.50. The molecule has 1 aliphatic carbocycles. The molecule has 11 heteroatoms. The molecule has 1 saturated carbocycles. The maximum Gasteiger partial charge on any atom is 0.330 e. The quantitative estimate of drug-likeness (QED) is 0.532. The molecule has 1 aromatic rings. The first kappa shape index (κ1) is 25.4. The molecule has 3 amide bonds. The highest BCUT2D eigenvalue weighted by Gasteiger charge is 2.65. The summed E-state index contributed by atoms with van der Waals surface area (Å²) >= 11 is 7.72. The molecule has 2 saturated heterocycles. The van der Waals surface area contributed by atoms with Crippen LogP contribution in [0.4, 0.5) is 4.79 Å². The molecule has 0 radical (unpaired) electrons. The molecule has 0 aromatic heterocycles. The minimum Gasteiger partial charge on any atom is -0.496 e. The molecule has 194 valence electrons. The van der Waals surface area contributed by atoms with Crippen molar-refractivity contribution in [1.82, 2.24) is 9.80 Å². The lowest BCUT2D eigenvalue weighted by Crippen LogP contribution is -2.65. The summed E-state index contributed by atoms with van der Waals surface area (Å²) in [6, 6.07) is 6.85. The van der Waals surface area contributed by atoms with Gasteiger partial charge < -0.3 is 24.2 Å². The van der Waals surface area contributed by atoms with E-state index in [9.17, 15) is 19.5 Å². The van der Waals surface area contributed by atoms with Crippen molar-refractivity contribution in [2.45, 2.75) is 55.7 Å². The van der Waals surface area contributed by atoms with Gasteiger partial charge in [-0.3, -0.25) is 4.79 Å². The first-order chi connectivity index (χ1) is 17.3. The molecule has 36 heavy (non-hydrogen) atoms. The fourth-order valence-corrected chi connectivity index (χ4v) is 6.90. The number of fused-ring (bicyclic) bond motifs is 1. The summed E-state index contributed by atoms with van der Waals surface area (Å²) in [6.07, 6.45) is 1.28. The van der Waals surface area contributed by atoms with E-state index in [-0.39, 0.29) is 25.5 Å². The summed E-state index contributed by atoms with van der Waals surface area (Å²) in [6.45, 7) is 3.06. The van der Waals surface area contributed by atoms with Gasteiger partial charge in [0.1, 0.15) is 22.8 Å². The molecular weight excluding hydrogens is 508 g/mol. The van der Waals surface area contributed by atoms with Gasteiger partial charge in [0, 0.05) is 18.8 Å². The Hall–Kier alpha value is -2.27. The zero-order valence-corrected chi connectivity index (χ0v) is 21.7. The average Bonchev–Trinajstić information content (AvgIpc) is 3.62. The van der Waals surface area contributed by atoms with Gasteiger partial charge in [-0.05, 0) is 44.2 Å². The van der Waals surface area contributed by atoms with Gasteiger partial charge in [-0.15, -0.1) is 0 Å². The molecule has 5 rings (SSSR count). The Balaban J connectivity index is 1.52. The van der Waals surface area contributed by atoms with E-state index in [1.165, 1.54) is 11.8 Å². The molecule has 0 bridgehead atoms. The van der Waals surface area contributed by atoms with E-state index in [2.05, 4.69) is 0 Å². The number of benzene rings is 1. The molecule has 2 unspecified atom stereocenters. The molecule has 3 heterocycles. The van der Waals surface area contributed by atoms with E-state index in [0.717, 1.165) is 23.3 Å². The van der Waals surface area contributed by atoms with Crippen molar-refractivity contribution in [2.24, 2.45) is 5.92 Å². The van der Waals surface area contributed by atoms with Crippen molar-refractivity contribution in [2.75, 3.05) is 26.9 Å². The van der Waals surface area contributed by atoms with E-state index in [0.29, 0.717) is 28.9 Å². The van der Waals surface area contributed by atoms with E-state index in [1.54, 1.807) is 18.9 Å². The number of carboxylic acid groups (broad SMARTS) is 1. The van der Waals surface area contributed by atoms with Crippen LogP contribution in [-0.2, 0) is 19.1 Å². The number of ether oxygens (including phenoxy) is 3. The normalized spacial score (nSPS) is 26.8. The molecule has 3 aliphatic heterocycles. The van der Waals surface area contributed by atoms with Crippen LogP contribution in [0.15, 0.2) is 34.2 Å². The number of carbonyl (C=O) groups excluding carboxylic acids is 2. The van der Waals surface area contributed by atoms with Crippen LogP contribution in [0.1, 0.15) is 44.3 Å². The second-order valence-electron chi connectivity index (χ2n) is 9.57. The van der Waals surface area contributed by atoms with Crippen LogP contribution >= 0.6 is 23.4 Å². The highest BCUT2D eigenvalue weighted by atomic mass is 35.5. The third kappa shape index (κ3) is 4.27. The highest BCUT2D eigenvalue weighted by Crippen LogP contribution is 2.53. The molecule has 9 nitrogen and oxygen atoms in total. The maximum absolute atomic E-state index is 13.9. The zero-order chi connectivity index (χ0) is 25.6. The Labute approximate surface area is 218 Å². The van der Waals surface area contributed by atoms with Gasteiger partial charge in [0.25, 0.3) is 0 Å². The van der Waals surface area contributed by atoms with Gasteiger partial charge in [-0.2, -0.15) is 0 Å². The van der Waals surface area contributed by atoms with Crippen molar-refractivity contribution in [3.8, 4) is 5.75 Å². The van der Waals surface area contributed by atoms with Gasteiger partial charge >= 0.3 is 12.0 Å². The fraction of sp³-hybridized carbons (Fsp3) is 0.560. The Morgan fingerprint density at radius 2 is 1.97 bits per heavy atom. The van der Waals surface area contributed by atoms with Crippen LogP contribution in [0, 0.1) is 5.92 Å². The smallest absolute Gasteiger partial charge is 0.330 e. The van der Waals surface area contributed by atoms with Crippen LogP contribution in [-0.4, -0.2) is 76.7 Å². The summed E-state index contributed by atoms with van der Waals surface area (Å²) < 4.78 is 18.1. The summed E-state index contributed by atoms with van der Waals surface area (Å²) in [5.74, 6) is -1.75. The highest BCUT2D eigenvalue weighted by molar-refractivity contribution is 8.05. The third-order valence-electron chi connectivity index (χ3n) is 7.44. The topological polar surface area (TPSA) is 106 Å². The number of rotatable bonds is 8. The van der Waals surface area contributed by atoms with Crippen molar-refractivity contribution in [1.29, 1.82) is 0 Å². The van der Waals surface area contributed by atoms with Crippen molar-refractivity contribution in [3.05, 3.63) is 39.8 Å². The molecule has 3 fully saturated rings. The third-order valence-corrected chi connectivity index (χ3v) is 9.30. The number of urea groups is 1. The molecule has 1 N–H and O–H groups in total. The monoisotopic (exact) mass is 536 g/mol. The first-order valence-corrected chi connectivity index (χ1v) is 13.3. The molecule has 1 aromatic carbocycles. The summed E-state index contributed by atoms with van der Waals surface area (Å²) in [5, 5.41) is 9.34. The van der Waals surface area contributed by atoms with Gasteiger partial charge in [0.2, 0.25) is 5.91 Å². The Kier molecular flexibility index (Phi) is 6.97. The number of carbonyl (C=O) groups is 3. The summed E-state index contributed by atoms with van der Waals surface area (Å²) in [7, 11) is 1.58. The molecule has 3 atom stereocenters. The van der Waals surface area contributed by atoms with Crippen LogP contribution < -0.4 is 4.74 Å². The number of thioether (sulfide) groups is 1. The second-order valence-corrected chi connectivity index (χ2v) is 11.3. The van der Waals surface area contributed by atoms with Gasteiger partial charge in [-0.25, -0.2) is 14.5 Å². The summed E-state index contributed by atoms with van der Waals surface area (Å²) in [4.78, 5) is 42.1. The second kappa shape index (κ2) is 9.89. The standard InChI is InChI=1S/C25H29ClN2O7S/c1-14-19-21(29)28(25(9-10-25)23(30)31)24(32)27(22(19)36-20(14)26)13-18(35-15-7-11-34-12-8-15)16-5-3-4-6-17(16)33-2/h3-6,15,18-19,22H,7-13H2,1-2H3,(H,30,31)/t18-,19?,22?/m0/s1. The van der Waals surface area contributed by atoms with Crippen LogP contribution in [0.5, 0.6) is 5.75 Å². The number of aliphatic carboxylic acids is 1. The number of amides is 3. The maximum atomic E-state index is 13.9. The lowest BCUT2D eigenvalue weighted by Gasteiger charge is -2.45.